The first kappa shape index (κ1) is 21.2. The van der Waals surface area contributed by atoms with E-state index in [1.54, 1.807) is 0 Å². The van der Waals surface area contributed by atoms with E-state index in [0.717, 1.165) is 69.5 Å². The first-order valence-corrected chi connectivity index (χ1v) is 12.1. The van der Waals surface area contributed by atoms with Crippen LogP contribution in [0.5, 0.6) is 0 Å². The minimum absolute atomic E-state index is 0.0899. The largest absolute Gasteiger partial charge is 0.347 e. The summed E-state index contributed by atoms with van der Waals surface area (Å²) in [6.07, 6.45) is 8.73. The minimum atomic E-state index is -0.0899. The number of carbonyl (C=O) groups is 2. The zero-order chi connectivity index (χ0) is 22.1. The van der Waals surface area contributed by atoms with Crippen LogP contribution in [-0.2, 0) is 24.2 Å². The van der Waals surface area contributed by atoms with Gasteiger partial charge in [0.15, 0.2) is 0 Å². The minimum Gasteiger partial charge on any atom is -0.347 e. The van der Waals surface area contributed by atoms with Crippen molar-refractivity contribution in [1.29, 1.82) is 0 Å². The van der Waals surface area contributed by atoms with E-state index < -0.39 is 0 Å². The molecule has 32 heavy (non-hydrogen) atoms. The molecule has 1 saturated heterocycles. The fourth-order valence-electron chi connectivity index (χ4n) is 5.64. The van der Waals surface area contributed by atoms with Crippen LogP contribution in [0.4, 0.5) is 0 Å². The monoisotopic (exact) mass is 435 g/mol. The molecule has 7 nitrogen and oxygen atoms in total. The van der Waals surface area contributed by atoms with Crippen LogP contribution in [0.1, 0.15) is 72.5 Å². The number of likely N-dealkylation sites (tertiary alicyclic amines) is 1. The molecule has 5 rings (SSSR count). The van der Waals surface area contributed by atoms with Crippen molar-refractivity contribution >= 4 is 11.8 Å². The summed E-state index contributed by atoms with van der Waals surface area (Å²) in [7, 11) is 0. The SMILES string of the molecule is Cc1ccc(CC(=O)N2CCC3(CCc4nnc(C(=O)NC5CCCC5)n4CC3)C2)cc1. The molecule has 1 aromatic heterocycles. The van der Waals surface area contributed by atoms with Crippen molar-refractivity contribution in [3.63, 3.8) is 0 Å². The number of hydrogen-bond acceptors (Lipinski definition) is 4. The lowest BCUT2D eigenvalue weighted by Gasteiger charge is -2.27. The van der Waals surface area contributed by atoms with Crippen molar-refractivity contribution in [3.05, 3.63) is 47.0 Å². The highest BCUT2D eigenvalue weighted by molar-refractivity contribution is 5.91. The molecule has 0 radical (unpaired) electrons. The molecule has 1 aromatic carbocycles. The summed E-state index contributed by atoms with van der Waals surface area (Å²) in [4.78, 5) is 27.8. The van der Waals surface area contributed by atoms with Gasteiger partial charge in [0.2, 0.25) is 11.7 Å². The van der Waals surface area contributed by atoms with Gasteiger partial charge in [0.25, 0.3) is 5.91 Å². The van der Waals surface area contributed by atoms with Crippen LogP contribution in [-0.4, -0.2) is 50.6 Å². The third-order valence-corrected chi connectivity index (χ3v) is 7.73. The highest BCUT2D eigenvalue weighted by Crippen LogP contribution is 2.41. The van der Waals surface area contributed by atoms with Gasteiger partial charge in [0.05, 0.1) is 6.42 Å². The number of benzene rings is 1. The average molecular weight is 436 g/mol. The van der Waals surface area contributed by atoms with Gasteiger partial charge in [-0.3, -0.25) is 9.59 Å². The number of aromatic nitrogens is 3. The molecule has 3 aliphatic rings. The number of rotatable bonds is 4. The Morgan fingerprint density at radius 2 is 1.81 bits per heavy atom. The van der Waals surface area contributed by atoms with E-state index >= 15 is 0 Å². The van der Waals surface area contributed by atoms with Gasteiger partial charge in [-0.15, -0.1) is 10.2 Å². The summed E-state index contributed by atoms with van der Waals surface area (Å²) in [5.74, 6) is 1.48. The zero-order valence-electron chi connectivity index (χ0n) is 19.0. The lowest BCUT2D eigenvalue weighted by atomic mass is 9.80. The van der Waals surface area contributed by atoms with Crippen LogP contribution >= 0.6 is 0 Å². The Morgan fingerprint density at radius 1 is 1.06 bits per heavy atom. The van der Waals surface area contributed by atoms with E-state index in [2.05, 4.69) is 46.7 Å². The predicted molar refractivity (Wildman–Crippen MR) is 121 cm³/mol. The van der Waals surface area contributed by atoms with E-state index in [0.29, 0.717) is 12.2 Å². The Balaban J connectivity index is 1.22. The van der Waals surface area contributed by atoms with Crippen molar-refractivity contribution in [3.8, 4) is 0 Å². The van der Waals surface area contributed by atoms with Crippen molar-refractivity contribution in [2.75, 3.05) is 13.1 Å². The molecular formula is C25H33N5O2. The maximum Gasteiger partial charge on any atom is 0.289 e. The Kier molecular flexibility index (Phi) is 5.74. The molecule has 2 fully saturated rings. The Morgan fingerprint density at radius 3 is 2.59 bits per heavy atom. The van der Waals surface area contributed by atoms with Crippen molar-refractivity contribution in [2.45, 2.75) is 77.3 Å². The Labute approximate surface area is 189 Å². The van der Waals surface area contributed by atoms with Gasteiger partial charge in [0, 0.05) is 32.1 Å². The Hall–Kier alpha value is -2.70. The summed E-state index contributed by atoms with van der Waals surface area (Å²) >= 11 is 0. The van der Waals surface area contributed by atoms with Gasteiger partial charge < -0.3 is 14.8 Å². The van der Waals surface area contributed by atoms with E-state index in [9.17, 15) is 9.59 Å². The van der Waals surface area contributed by atoms with Crippen LogP contribution in [0.2, 0.25) is 0 Å². The fraction of sp³-hybridized carbons (Fsp3) is 0.600. The average Bonchev–Trinajstić information content (AvgIpc) is 3.50. The molecule has 7 heteroatoms. The molecule has 2 aliphatic heterocycles. The standard InChI is InChI=1S/C25H33N5O2/c1-18-6-8-19(9-7-18)16-22(31)29-14-12-25(17-29)11-10-21-27-28-23(30(21)15-13-25)24(32)26-20-4-2-3-5-20/h6-9,20H,2-5,10-17H2,1H3,(H,26,32). The van der Waals surface area contributed by atoms with E-state index in [1.807, 2.05) is 9.47 Å². The lowest BCUT2D eigenvalue weighted by Crippen LogP contribution is -2.35. The van der Waals surface area contributed by atoms with Crippen LogP contribution in [0.15, 0.2) is 24.3 Å². The van der Waals surface area contributed by atoms with Crippen LogP contribution in [0.25, 0.3) is 0 Å². The quantitative estimate of drug-likeness (QED) is 0.800. The predicted octanol–water partition coefficient (Wildman–Crippen LogP) is 3.06. The number of amides is 2. The number of carbonyl (C=O) groups excluding carboxylic acids is 2. The topological polar surface area (TPSA) is 80.1 Å². The van der Waals surface area contributed by atoms with Crippen LogP contribution in [0, 0.1) is 12.3 Å². The van der Waals surface area contributed by atoms with Gasteiger partial charge >= 0.3 is 0 Å². The molecule has 1 atom stereocenters. The first-order chi connectivity index (χ1) is 15.5. The van der Waals surface area contributed by atoms with Crippen molar-refractivity contribution < 1.29 is 9.59 Å². The smallest absolute Gasteiger partial charge is 0.289 e. The molecule has 1 saturated carbocycles. The van der Waals surface area contributed by atoms with Crippen molar-refractivity contribution in [2.24, 2.45) is 5.41 Å². The van der Waals surface area contributed by atoms with E-state index in [1.165, 1.54) is 18.4 Å². The molecule has 2 aromatic rings. The molecule has 1 aliphatic carbocycles. The summed E-state index contributed by atoms with van der Waals surface area (Å²) < 4.78 is 2.02. The number of nitrogens with one attached hydrogen (secondary N) is 1. The molecule has 2 amide bonds. The third-order valence-electron chi connectivity index (χ3n) is 7.73. The third kappa shape index (κ3) is 4.30. The summed E-state index contributed by atoms with van der Waals surface area (Å²) in [5.41, 5.74) is 2.40. The fourth-order valence-corrected chi connectivity index (χ4v) is 5.64. The number of fused-ring (bicyclic) bond motifs is 1. The van der Waals surface area contributed by atoms with Crippen molar-refractivity contribution in [1.82, 2.24) is 25.0 Å². The number of aryl methyl sites for hydroxylation is 2. The second kappa shape index (κ2) is 8.68. The van der Waals surface area contributed by atoms with Gasteiger partial charge in [-0.05, 0) is 50.0 Å². The van der Waals surface area contributed by atoms with E-state index in [4.69, 9.17) is 0 Å². The summed E-state index contributed by atoms with van der Waals surface area (Å²) in [6, 6.07) is 8.50. The van der Waals surface area contributed by atoms with Crippen LogP contribution < -0.4 is 5.32 Å². The summed E-state index contributed by atoms with van der Waals surface area (Å²) in [5, 5.41) is 11.7. The highest BCUT2D eigenvalue weighted by atomic mass is 16.2. The molecule has 1 N–H and O–H groups in total. The zero-order valence-corrected chi connectivity index (χ0v) is 19.0. The van der Waals surface area contributed by atoms with Gasteiger partial charge in [-0.2, -0.15) is 0 Å². The normalized spacial score (nSPS) is 23.3. The summed E-state index contributed by atoms with van der Waals surface area (Å²) in [6.45, 7) is 4.43. The number of nitrogens with zero attached hydrogens (tertiary/aromatic N) is 4. The molecule has 170 valence electrons. The van der Waals surface area contributed by atoms with E-state index in [-0.39, 0.29) is 23.3 Å². The maximum absolute atomic E-state index is 12.9. The molecule has 1 spiro atoms. The first-order valence-electron chi connectivity index (χ1n) is 12.1. The number of hydrogen-bond donors (Lipinski definition) is 1. The maximum atomic E-state index is 12.9. The van der Waals surface area contributed by atoms with Crippen LogP contribution in [0.3, 0.4) is 0 Å². The van der Waals surface area contributed by atoms with Gasteiger partial charge in [-0.25, -0.2) is 0 Å². The second-order valence-electron chi connectivity index (χ2n) is 10.0. The lowest BCUT2D eigenvalue weighted by molar-refractivity contribution is -0.129. The molecular weight excluding hydrogens is 402 g/mol. The Bertz CT molecular complexity index is 992. The second-order valence-corrected chi connectivity index (χ2v) is 10.0. The highest BCUT2D eigenvalue weighted by Gasteiger charge is 2.41. The molecule has 1 unspecified atom stereocenters. The van der Waals surface area contributed by atoms with Gasteiger partial charge in [-0.1, -0.05) is 42.7 Å². The molecule has 0 bridgehead atoms. The molecule has 3 heterocycles. The van der Waals surface area contributed by atoms with Gasteiger partial charge in [0.1, 0.15) is 5.82 Å².